The lowest BCUT2D eigenvalue weighted by Gasteiger charge is -2.07. The molecule has 22 heavy (non-hydrogen) atoms. The minimum absolute atomic E-state index is 0.0206. The molecule has 0 saturated carbocycles. The number of rotatable bonds is 8. The minimum Gasteiger partial charge on any atom is -0.325 e. The Balaban J connectivity index is 2.39. The van der Waals surface area contributed by atoms with Crippen LogP contribution in [0.3, 0.4) is 0 Å². The van der Waals surface area contributed by atoms with E-state index in [1.807, 2.05) is 13.8 Å². The monoisotopic (exact) mass is 343 g/mol. The van der Waals surface area contributed by atoms with Gasteiger partial charge in [0, 0.05) is 24.3 Å². The first-order valence-corrected chi connectivity index (χ1v) is 7.82. The first-order chi connectivity index (χ1) is 10.3. The molecule has 0 fully saturated rings. The van der Waals surface area contributed by atoms with Gasteiger partial charge in [-0.05, 0) is 24.1 Å². The van der Waals surface area contributed by atoms with Crippen LogP contribution in [0.4, 0.5) is 5.69 Å². The predicted octanol–water partition coefficient (Wildman–Crippen LogP) is 4.29. The van der Waals surface area contributed by atoms with Crippen LogP contribution in [0.5, 0.6) is 0 Å². The number of hydrogen-bond donors (Lipinski definition) is 1. The normalized spacial score (nSPS) is 10.6. The molecule has 0 aliphatic rings. The highest BCUT2D eigenvalue weighted by molar-refractivity contribution is 6.36. The third kappa shape index (κ3) is 7.05. The van der Waals surface area contributed by atoms with E-state index in [1.54, 1.807) is 12.1 Å². The molecule has 1 aromatic rings. The topological polar surface area (TPSA) is 63.2 Å². The number of anilines is 1. The van der Waals surface area contributed by atoms with E-state index >= 15 is 0 Å². The number of carbonyl (C=O) groups excluding carboxylic acids is 3. The van der Waals surface area contributed by atoms with E-state index in [-0.39, 0.29) is 42.7 Å². The van der Waals surface area contributed by atoms with E-state index in [0.717, 1.165) is 0 Å². The van der Waals surface area contributed by atoms with Crippen molar-refractivity contribution in [3.05, 3.63) is 28.2 Å². The van der Waals surface area contributed by atoms with E-state index in [0.29, 0.717) is 22.2 Å². The zero-order valence-corrected chi connectivity index (χ0v) is 14.1. The van der Waals surface area contributed by atoms with E-state index in [1.165, 1.54) is 6.07 Å². The quantitative estimate of drug-likeness (QED) is 0.716. The van der Waals surface area contributed by atoms with Crippen molar-refractivity contribution in [2.45, 2.75) is 39.5 Å². The maximum atomic E-state index is 11.8. The Morgan fingerprint density at radius 1 is 1.09 bits per heavy atom. The second-order valence-electron chi connectivity index (χ2n) is 5.52. The molecule has 0 heterocycles. The SMILES string of the molecule is CC(C)CC(=O)CC(=O)CCC(=O)Nc1ccc(Cl)cc1Cl. The van der Waals surface area contributed by atoms with Gasteiger partial charge in [-0.2, -0.15) is 0 Å². The van der Waals surface area contributed by atoms with Gasteiger partial charge in [0.25, 0.3) is 0 Å². The van der Waals surface area contributed by atoms with Crippen molar-refractivity contribution in [2.75, 3.05) is 5.32 Å². The van der Waals surface area contributed by atoms with Crippen molar-refractivity contribution >= 4 is 46.4 Å². The first kappa shape index (κ1) is 18.7. The van der Waals surface area contributed by atoms with Crippen LogP contribution in [-0.2, 0) is 14.4 Å². The van der Waals surface area contributed by atoms with Crippen molar-refractivity contribution in [3.8, 4) is 0 Å². The Labute approximate surface area is 140 Å². The third-order valence-electron chi connectivity index (χ3n) is 2.87. The van der Waals surface area contributed by atoms with Crippen molar-refractivity contribution in [2.24, 2.45) is 5.92 Å². The van der Waals surface area contributed by atoms with Crippen molar-refractivity contribution in [1.29, 1.82) is 0 Å². The lowest BCUT2D eigenvalue weighted by Crippen LogP contribution is -2.15. The number of benzene rings is 1. The Kier molecular flexibility index (Phi) is 7.56. The molecule has 1 N–H and O–H groups in total. The largest absolute Gasteiger partial charge is 0.325 e. The highest BCUT2D eigenvalue weighted by Gasteiger charge is 2.13. The lowest BCUT2D eigenvalue weighted by atomic mass is 10.0. The molecular weight excluding hydrogens is 325 g/mol. The van der Waals surface area contributed by atoms with Gasteiger partial charge in [-0.25, -0.2) is 0 Å². The van der Waals surface area contributed by atoms with E-state index < -0.39 is 0 Å². The summed E-state index contributed by atoms with van der Waals surface area (Å²) in [6.45, 7) is 3.84. The van der Waals surface area contributed by atoms with Gasteiger partial charge in [-0.1, -0.05) is 37.0 Å². The summed E-state index contributed by atoms with van der Waals surface area (Å²) in [7, 11) is 0. The number of carbonyl (C=O) groups is 3. The zero-order chi connectivity index (χ0) is 16.7. The van der Waals surface area contributed by atoms with Gasteiger partial charge >= 0.3 is 0 Å². The number of hydrogen-bond acceptors (Lipinski definition) is 3. The Morgan fingerprint density at radius 3 is 2.36 bits per heavy atom. The molecule has 120 valence electrons. The van der Waals surface area contributed by atoms with Crippen molar-refractivity contribution < 1.29 is 14.4 Å². The molecule has 1 rings (SSSR count). The molecule has 0 bridgehead atoms. The average Bonchev–Trinajstić information content (AvgIpc) is 2.38. The van der Waals surface area contributed by atoms with Gasteiger partial charge in [0.2, 0.25) is 5.91 Å². The average molecular weight is 344 g/mol. The summed E-state index contributed by atoms with van der Waals surface area (Å²) >= 11 is 11.7. The van der Waals surface area contributed by atoms with E-state index in [2.05, 4.69) is 5.32 Å². The van der Waals surface area contributed by atoms with E-state index in [9.17, 15) is 14.4 Å². The highest BCUT2D eigenvalue weighted by atomic mass is 35.5. The highest BCUT2D eigenvalue weighted by Crippen LogP contribution is 2.25. The van der Waals surface area contributed by atoms with Crippen molar-refractivity contribution in [3.63, 3.8) is 0 Å². The van der Waals surface area contributed by atoms with Gasteiger partial charge in [0.15, 0.2) is 0 Å². The zero-order valence-electron chi connectivity index (χ0n) is 12.6. The van der Waals surface area contributed by atoms with Crippen LogP contribution in [0.1, 0.15) is 39.5 Å². The van der Waals surface area contributed by atoms with E-state index in [4.69, 9.17) is 23.2 Å². The third-order valence-corrected chi connectivity index (χ3v) is 3.41. The molecule has 6 heteroatoms. The number of ketones is 2. The second kappa shape index (κ2) is 8.91. The minimum atomic E-state index is -0.325. The molecule has 1 aromatic carbocycles. The summed E-state index contributed by atoms with van der Waals surface area (Å²) in [5.74, 6) is -0.395. The molecule has 0 aromatic heterocycles. The van der Waals surface area contributed by atoms with Gasteiger partial charge < -0.3 is 5.32 Å². The summed E-state index contributed by atoms with van der Waals surface area (Å²) in [5, 5.41) is 3.42. The number of amides is 1. The predicted molar refractivity (Wildman–Crippen MR) is 88.4 cm³/mol. The fourth-order valence-corrected chi connectivity index (χ4v) is 2.35. The summed E-state index contributed by atoms with van der Waals surface area (Å²) < 4.78 is 0. The Morgan fingerprint density at radius 2 is 1.77 bits per heavy atom. The molecule has 0 aliphatic carbocycles. The van der Waals surface area contributed by atoms with Crippen molar-refractivity contribution in [1.82, 2.24) is 0 Å². The van der Waals surface area contributed by atoms with Crippen LogP contribution < -0.4 is 5.32 Å². The Hall–Kier alpha value is -1.39. The number of nitrogens with one attached hydrogen (secondary N) is 1. The Bertz CT molecular complexity index is 571. The van der Waals surface area contributed by atoms with Gasteiger partial charge in [-0.3, -0.25) is 14.4 Å². The molecule has 0 atom stereocenters. The first-order valence-electron chi connectivity index (χ1n) is 7.06. The molecule has 0 radical (unpaired) electrons. The molecule has 0 aliphatic heterocycles. The number of halogens is 2. The van der Waals surface area contributed by atoms with Crippen LogP contribution in [-0.4, -0.2) is 17.5 Å². The lowest BCUT2D eigenvalue weighted by molar-refractivity contribution is -0.128. The fraction of sp³-hybridized carbons (Fsp3) is 0.438. The second-order valence-corrected chi connectivity index (χ2v) is 6.37. The van der Waals surface area contributed by atoms with Crippen LogP contribution in [0.15, 0.2) is 18.2 Å². The smallest absolute Gasteiger partial charge is 0.224 e. The maximum absolute atomic E-state index is 11.8. The summed E-state index contributed by atoms with van der Waals surface area (Å²) in [5.41, 5.74) is 0.444. The van der Waals surface area contributed by atoms with Gasteiger partial charge in [0.1, 0.15) is 11.6 Å². The van der Waals surface area contributed by atoms with Crippen LogP contribution in [0.2, 0.25) is 10.0 Å². The summed E-state index contributed by atoms with van der Waals surface area (Å²) in [4.78, 5) is 35.0. The molecular formula is C16H19Cl2NO3. The molecule has 0 saturated heterocycles. The summed E-state index contributed by atoms with van der Waals surface area (Å²) in [6.07, 6.45) is 0.346. The maximum Gasteiger partial charge on any atom is 0.224 e. The van der Waals surface area contributed by atoms with Crippen LogP contribution in [0.25, 0.3) is 0 Å². The number of Topliss-reactive ketones (excluding diaryl/α,β-unsaturated/α-hetero) is 2. The molecule has 1 amide bonds. The molecule has 0 spiro atoms. The standard InChI is InChI=1S/C16H19Cl2NO3/c1-10(2)7-13(21)9-12(20)4-6-16(22)19-15-5-3-11(17)8-14(15)18/h3,5,8,10H,4,6-7,9H2,1-2H3,(H,19,22). The van der Waals surface area contributed by atoms with Gasteiger partial charge in [-0.15, -0.1) is 0 Å². The molecule has 0 unspecified atom stereocenters. The van der Waals surface area contributed by atoms with Gasteiger partial charge in [0.05, 0.1) is 17.1 Å². The fourth-order valence-electron chi connectivity index (χ4n) is 1.89. The van der Waals surface area contributed by atoms with Crippen LogP contribution in [0, 0.1) is 5.92 Å². The van der Waals surface area contributed by atoms with Crippen LogP contribution >= 0.6 is 23.2 Å². The summed E-state index contributed by atoms with van der Waals surface area (Å²) in [6, 6.07) is 4.73. The molecule has 4 nitrogen and oxygen atoms in total.